The first-order valence-electron chi connectivity index (χ1n) is 6.02. The largest absolute Gasteiger partial charge is 0.494 e. The van der Waals surface area contributed by atoms with Crippen LogP contribution in [-0.4, -0.2) is 12.1 Å². The van der Waals surface area contributed by atoms with Crippen molar-refractivity contribution in [3.63, 3.8) is 0 Å². The lowest BCUT2D eigenvalue weighted by atomic mass is 9.96. The molecule has 4 heteroatoms. The molecule has 0 amide bonds. The molecule has 0 spiro atoms. The number of hydrogen-bond acceptors (Lipinski definition) is 2. The maximum atomic E-state index is 13.7. The second kappa shape index (κ2) is 6.02. The van der Waals surface area contributed by atoms with Crippen molar-refractivity contribution in [2.75, 3.05) is 7.11 Å². The molecule has 0 saturated carbocycles. The zero-order chi connectivity index (χ0) is 13.8. The summed E-state index contributed by atoms with van der Waals surface area (Å²) in [5.74, 6) is -0.187. The lowest BCUT2D eigenvalue weighted by molar-refractivity contribution is 0.386. The van der Waals surface area contributed by atoms with E-state index in [9.17, 15) is 4.39 Å². The Kier molecular flexibility index (Phi) is 4.38. The molecule has 0 aliphatic carbocycles. The average Bonchev–Trinajstić information content (AvgIpc) is 2.46. The lowest BCUT2D eigenvalue weighted by Gasteiger charge is -2.18. The van der Waals surface area contributed by atoms with Crippen molar-refractivity contribution in [1.29, 1.82) is 0 Å². The Morgan fingerprint density at radius 1 is 1.26 bits per heavy atom. The van der Waals surface area contributed by atoms with E-state index in [2.05, 4.69) is 4.98 Å². The Balaban J connectivity index is 2.24. The van der Waals surface area contributed by atoms with Gasteiger partial charge in [0.1, 0.15) is 0 Å². The molecule has 19 heavy (non-hydrogen) atoms. The molecule has 0 aliphatic heterocycles. The van der Waals surface area contributed by atoms with Crippen LogP contribution in [0.3, 0.4) is 0 Å². The van der Waals surface area contributed by atoms with Crippen LogP contribution in [0.25, 0.3) is 0 Å². The van der Waals surface area contributed by atoms with E-state index in [1.807, 2.05) is 25.1 Å². The van der Waals surface area contributed by atoms with Crippen molar-refractivity contribution in [1.82, 2.24) is 4.98 Å². The van der Waals surface area contributed by atoms with E-state index in [0.717, 1.165) is 11.3 Å². The first-order valence-corrected chi connectivity index (χ1v) is 6.45. The molecular weight excluding hydrogens is 265 g/mol. The standard InChI is InChI=1S/C15H15ClFNO/c1-10(13-5-3-4-8-18-13)15(16)11-6-7-14(19-2)12(17)9-11/h3-10,15H,1-2H3. The summed E-state index contributed by atoms with van der Waals surface area (Å²) < 4.78 is 18.6. The fourth-order valence-electron chi connectivity index (χ4n) is 1.94. The number of benzene rings is 1. The van der Waals surface area contributed by atoms with Gasteiger partial charge in [0.05, 0.1) is 12.5 Å². The van der Waals surface area contributed by atoms with Crippen LogP contribution in [0.1, 0.15) is 29.5 Å². The van der Waals surface area contributed by atoms with Gasteiger partial charge in [-0.15, -0.1) is 11.6 Å². The van der Waals surface area contributed by atoms with Gasteiger partial charge in [-0.2, -0.15) is 0 Å². The summed E-state index contributed by atoms with van der Waals surface area (Å²) >= 11 is 6.41. The van der Waals surface area contributed by atoms with Crippen LogP contribution in [0.4, 0.5) is 4.39 Å². The van der Waals surface area contributed by atoms with Gasteiger partial charge in [-0.1, -0.05) is 19.1 Å². The normalized spacial score (nSPS) is 13.9. The van der Waals surface area contributed by atoms with Crippen molar-refractivity contribution < 1.29 is 9.13 Å². The summed E-state index contributed by atoms with van der Waals surface area (Å²) in [6.45, 7) is 1.97. The van der Waals surface area contributed by atoms with E-state index in [-0.39, 0.29) is 17.0 Å². The molecule has 2 rings (SSSR count). The minimum Gasteiger partial charge on any atom is -0.494 e. The van der Waals surface area contributed by atoms with Crippen LogP contribution in [-0.2, 0) is 0 Å². The number of hydrogen-bond donors (Lipinski definition) is 0. The number of pyridine rings is 1. The Labute approximate surface area is 117 Å². The summed E-state index contributed by atoms with van der Waals surface area (Å²) in [5, 5.41) is -0.338. The molecule has 0 bridgehead atoms. The number of aromatic nitrogens is 1. The van der Waals surface area contributed by atoms with E-state index in [0.29, 0.717) is 0 Å². The van der Waals surface area contributed by atoms with E-state index >= 15 is 0 Å². The monoisotopic (exact) mass is 279 g/mol. The Hall–Kier alpha value is -1.61. The van der Waals surface area contributed by atoms with Gasteiger partial charge in [-0.3, -0.25) is 4.98 Å². The summed E-state index contributed by atoms with van der Waals surface area (Å²) in [7, 11) is 1.44. The number of nitrogens with zero attached hydrogens (tertiary/aromatic N) is 1. The highest BCUT2D eigenvalue weighted by atomic mass is 35.5. The minimum atomic E-state index is -0.404. The first kappa shape index (κ1) is 13.8. The van der Waals surface area contributed by atoms with Crippen molar-refractivity contribution in [2.24, 2.45) is 0 Å². The summed E-state index contributed by atoms with van der Waals surface area (Å²) in [6, 6.07) is 10.5. The molecule has 0 fully saturated rings. The zero-order valence-electron chi connectivity index (χ0n) is 10.8. The Bertz CT molecular complexity index is 547. The highest BCUT2D eigenvalue weighted by Gasteiger charge is 2.20. The number of rotatable bonds is 4. The van der Waals surface area contributed by atoms with Crippen LogP contribution in [0.2, 0.25) is 0 Å². The molecule has 0 N–H and O–H groups in total. The number of methoxy groups -OCH3 is 1. The van der Waals surface area contributed by atoms with Gasteiger partial charge in [0, 0.05) is 17.8 Å². The fourth-order valence-corrected chi connectivity index (χ4v) is 2.20. The maximum absolute atomic E-state index is 13.7. The molecule has 2 atom stereocenters. The van der Waals surface area contributed by atoms with Crippen molar-refractivity contribution in [3.05, 3.63) is 59.7 Å². The van der Waals surface area contributed by atoms with Crippen LogP contribution in [0.15, 0.2) is 42.6 Å². The highest BCUT2D eigenvalue weighted by Crippen LogP contribution is 2.36. The topological polar surface area (TPSA) is 22.1 Å². The second-order valence-electron chi connectivity index (χ2n) is 4.34. The van der Waals surface area contributed by atoms with E-state index in [4.69, 9.17) is 16.3 Å². The second-order valence-corrected chi connectivity index (χ2v) is 4.81. The van der Waals surface area contributed by atoms with Crippen molar-refractivity contribution in [2.45, 2.75) is 18.2 Å². The van der Waals surface area contributed by atoms with Gasteiger partial charge in [0.15, 0.2) is 11.6 Å². The summed E-state index contributed by atoms with van der Waals surface area (Å²) in [5.41, 5.74) is 1.61. The fraction of sp³-hybridized carbons (Fsp3) is 0.267. The molecule has 100 valence electrons. The molecule has 0 aliphatic rings. The molecular formula is C15H15ClFNO. The van der Waals surface area contributed by atoms with Crippen LogP contribution in [0, 0.1) is 5.82 Å². The molecule has 2 nitrogen and oxygen atoms in total. The molecule has 0 radical (unpaired) electrons. The molecule has 1 heterocycles. The van der Waals surface area contributed by atoms with Gasteiger partial charge in [-0.05, 0) is 29.8 Å². The van der Waals surface area contributed by atoms with Crippen LogP contribution in [0.5, 0.6) is 5.75 Å². The van der Waals surface area contributed by atoms with Gasteiger partial charge < -0.3 is 4.74 Å². The molecule has 2 unspecified atom stereocenters. The zero-order valence-corrected chi connectivity index (χ0v) is 11.6. The van der Waals surface area contributed by atoms with Crippen molar-refractivity contribution >= 4 is 11.6 Å². The third kappa shape index (κ3) is 3.04. The number of ether oxygens (including phenoxy) is 1. The maximum Gasteiger partial charge on any atom is 0.165 e. The van der Waals surface area contributed by atoms with Gasteiger partial charge in [-0.25, -0.2) is 4.39 Å². The smallest absolute Gasteiger partial charge is 0.165 e. The predicted molar refractivity (Wildman–Crippen MR) is 74.2 cm³/mol. The van der Waals surface area contributed by atoms with E-state index < -0.39 is 5.82 Å². The van der Waals surface area contributed by atoms with Crippen LogP contribution < -0.4 is 4.74 Å². The van der Waals surface area contributed by atoms with Crippen LogP contribution >= 0.6 is 11.6 Å². The third-order valence-corrected chi connectivity index (χ3v) is 3.72. The Morgan fingerprint density at radius 2 is 2.05 bits per heavy atom. The highest BCUT2D eigenvalue weighted by molar-refractivity contribution is 6.21. The van der Waals surface area contributed by atoms with E-state index in [1.54, 1.807) is 18.3 Å². The number of alkyl halides is 1. The number of halogens is 2. The van der Waals surface area contributed by atoms with Crippen molar-refractivity contribution in [3.8, 4) is 5.75 Å². The van der Waals surface area contributed by atoms with Gasteiger partial charge >= 0.3 is 0 Å². The van der Waals surface area contributed by atoms with Gasteiger partial charge in [0.2, 0.25) is 0 Å². The van der Waals surface area contributed by atoms with Gasteiger partial charge in [0.25, 0.3) is 0 Å². The quantitative estimate of drug-likeness (QED) is 0.778. The predicted octanol–water partition coefficient (Wildman–Crippen LogP) is 4.31. The first-order chi connectivity index (χ1) is 9.13. The molecule has 1 aromatic carbocycles. The molecule has 0 saturated heterocycles. The third-order valence-electron chi connectivity index (χ3n) is 3.09. The van der Waals surface area contributed by atoms with E-state index in [1.165, 1.54) is 13.2 Å². The Morgan fingerprint density at radius 3 is 2.63 bits per heavy atom. The summed E-state index contributed by atoms with van der Waals surface area (Å²) in [4.78, 5) is 4.28. The SMILES string of the molecule is COc1ccc(C(Cl)C(C)c2ccccn2)cc1F. The minimum absolute atomic E-state index is 0.00402. The average molecular weight is 280 g/mol. The lowest BCUT2D eigenvalue weighted by Crippen LogP contribution is -2.05. The molecule has 1 aromatic heterocycles. The molecule has 2 aromatic rings. The summed E-state index contributed by atoms with van der Waals surface area (Å²) in [6.07, 6.45) is 1.73.